The molecule has 1 amide bonds. The summed E-state index contributed by atoms with van der Waals surface area (Å²) in [6.07, 6.45) is 40.2. The summed E-state index contributed by atoms with van der Waals surface area (Å²) in [5.41, 5.74) is 0. The van der Waals surface area contributed by atoms with Crippen molar-refractivity contribution >= 4 is 17.8 Å². The fourth-order valence-corrected chi connectivity index (χ4v) is 5.48. The van der Waals surface area contributed by atoms with Crippen molar-refractivity contribution in [1.82, 2.24) is 5.32 Å². The van der Waals surface area contributed by atoms with Crippen LogP contribution in [0, 0.1) is 0 Å². The first-order valence-corrected chi connectivity index (χ1v) is 19.0. The minimum atomic E-state index is -1.02. The second-order valence-corrected chi connectivity index (χ2v) is 12.8. The molecule has 0 aromatic rings. The average molecular weight is 634 g/mol. The van der Waals surface area contributed by atoms with E-state index in [2.05, 4.69) is 43.5 Å². The van der Waals surface area contributed by atoms with Gasteiger partial charge in [-0.2, -0.15) is 0 Å². The van der Waals surface area contributed by atoms with Crippen LogP contribution in [0.2, 0.25) is 0 Å². The molecule has 0 saturated heterocycles. The predicted molar refractivity (Wildman–Crippen MR) is 189 cm³/mol. The molecule has 2 N–H and O–H groups in total. The molecule has 0 aliphatic rings. The maximum Gasteiger partial charge on any atom is 0.322 e. The van der Waals surface area contributed by atoms with E-state index >= 15 is 0 Å². The van der Waals surface area contributed by atoms with Crippen LogP contribution in [0.3, 0.4) is 0 Å². The number of carboxylic acid groups (broad SMARTS) is 1. The van der Waals surface area contributed by atoms with Gasteiger partial charge in [0.05, 0.1) is 0 Å². The van der Waals surface area contributed by atoms with Crippen molar-refractivity contribution in [2.75, 3.05) is 6.54 Å². The molecule has 0 spiro atoms. The van der Waals surface area contributed by atoms with Crippen LogP contribution in [-0.2, 0) is 19.1 Å². The molecule has 0 radical (unpaired) electrons. The Bertz CT molecular complexity index is 748. The van der Waals surface area contributed by atoms with E-state index in [0.717, 1.165) is 64.2 Å². The van der Waals surface area contributed by atoms with Gasteiger partial charge in [-0.15, -0.1) is 0 Å². The zero-order valence-electron chi connectivity index (χ0n) is 29.5. The molecule has 1 atom stereocenters. The lowest BCUT2D eigenvalue weighted by molar-refractivity contribution is -0.147. The normalized spacial score (nSPS) is 12.2. The number of carbonyl (C=O) groups excluding carboxylic acids is 2. The van der Waals surface area contributed by atoms with Gasteiger partial charge in [0, 0.05) is 12.8 Å². The Labute approximate surface area is 277 Å². The van der Waals surface area contributed by atoms with Crippen molar-refractivity contribution in [2.24, 2.45) is 0 Å². The van der Waals surface area contributed by atoms with E-state index in [4.69, 9.17) is 9.84 Å². The number of carboxylic acids is 1. The summed E-state index contributed by atoms with van der Waals surface area (Å²) in [6, 6.07) is 0. The molecule has 0 rings (SSSR count). The fraction of sp³-hybridized carbons (Fsp3) is 0.821. The molecular weight excluding hydrogens is 562 g/mol. The Morgan fingerprint density at radius 1 is 0.578 bits per heavy atom. The summed E-state index contributed by atoms with van der Waals surface area (Å²) >= 11 is 0. The van der Waals surface area contributed by atoms with Crippen molar-refractivity contribution in [3.8, 4) is 0 Å². The summed E-state index contributed by atoms with van der Waals surface area (Å²) in [6.45, 7) is 4.20. The van der Waals surface area contributed by atoms with Gasteiger partial charge in [0.2, 0.25) is 5.91 Å². The van der Waals surface area contributed by atoms with E-state index in [9.17, 15) is 14.4 Å². The number of rotatable bonds is 34. The highest BCUT2D eigenvalue weighted by Crippen LogP contribution is 2.16. The molecule has 6 nitrogen and oxygen atoms in total. The van der Waals surface area contributed by atoms with E-state index in [1.54, 1.807) is 0 Å². The van der Waals surface area contributed by atoms with Crippen molar-refractivity contribution in [2.45, 2.75) is 200 Å². The third kappa shape index (κ3) is 34.6. The van der Waals surface area contributed by atoms with E-state index in [1.807, 2.05) is 0 Å². The summed E-state index contributed by atoms with van der Waals surface area (Å²) in [7, 11) is 0. The van der Waals surface area contributed by atoms with E-state index in [0.29, 0.717) is 12.8 Å². The van der Waals surface area contributed by atoms with Gasteiger partial charge in [-0.25, -0.2) is 0 Å². The monoisotopic (exact) mass is 634 g/mol. The van der Waals surface area contributed by atoms with Crippen LogP contribution in [0.15, 0.2) is 24.3 Å². The van der Waals surface area contributed by atoms with Crippen LogP contribution < -0.4 is 5.32 Å². The van der Waals surface area contributed by atoms with Crippen LogP contribution in [0.1, 0.15) is 194 Å². The number of allylic oxidation sites excluding steroid dienone is 3. The van der Waals surface area contributed by atoms with Gasteiger partial charge in [-0.1, -0.05) is 135 Å². The Morgan fingerprint density at radius 2 is 1.02 bits per heavy atom. The minimum absolute atomic E-state index is 0.0623. The fourth-order valence-electron chi connectivity index (χ4n) is 5.48. The van der Waals surface area contributed by atoms with Gasteiger partial charge in [-0.3, -0.25) is 14.4 Å². The Balaban J connectivity index is 4.20. The van der Waals surface area contributed by atoms with Gasteiger partial charge < -0.3 is 15.2 Å². The van der Waals surface area contributed by atoms with Crippen molar-refractivity contribution in [3.63, 3.8) is 0 Å². The zero-order chi connectivity index (χ0) is 33.1. The molecule has 0 heterocycles. The molecule has 0 aliphatic heterocycles. The summed E-state index contributed by atoms with van der Waals surface area (Å²) < 4.78 is 5.92. The van der Waals surface area contributed by atoms with Crippen LogP contribution in [0.5, 0.6) is 0 Å². The Kier molecular flexibility index (Phi) is 33.1. The molecule has 0 bridgehead atoms. The molecule has 0 aromatic carbocycles. The molecule has 0 saturated carbocycles. The van der Waals surface area contributed by atoms with Crippen LogP contribution in [0.25, 0.3) is 0 Å². The maximum atomic E-state index is 12.6. The second kappa shape index (κ2) is 34.8. The Morgan fingerprint density at radius 3 is 1.58 bits per heavy atom. The number of esters is 1. The lowest BCUT2D eigenvalue weighted by atomic mass is 10.0. The molecule has 0 fully saturated rings. The van der Waals surface area contributed by atoms with Gasteiger partial charge in [0.15, 0.2) is 0 Å². The molecule has 1 unspecified atom stereocenters. The highest BCUT2D eigenvalue weighted by molar-refractivity contribution is 5.80. The van der Waals surface area contributed by atoms with Crippen LogP contribution in [-0.4, -0.2) is 35.6 Å². The Hall–Kier alpha value is -2.11. The van der Waals surface area contributed by atoms with E-state index in [1.165, 1.54) is 103 Å². The van der Waals surface area contributed by atoms with Gasteiger partial charge in [0.25, 0.3) is 0 Å². The third-order valence-corrected chi connectivity index (χ3v) is 8.33. The molecule has 6 heteroatoms. The van der Waals surface area contributed by atoms with E-state index < -0.39 is 5.97 Å². The minimum Gasteiger partial charge on any atom is -0.480 e. The average Bonchev–Trinajstić information content (AvgIpc) is 3.02. The van der Waals surface area contributed by atoms with Gasteiger partial charge in [-0.05, 0) is 70.3 Å². The molecular formula is C39H71NO5. The second-order valence-electron chi connectivity index (χ2n) is 12.8. The first-order valence-electron chi connectivity index (χ1n) is 19.0. The number of nitrogens with one attached hydrogen (secondary N) is 1. The van der Waals surface area contributed by atoms with Crippen LogP contribution >= 0.6 is 0 Å². The number of hydrogen-bond acceptors (Lipinski definition) is 4. The highest BCUT2D eigenvalue weighted by Gasteiger charge is 2.11. The number of unbranched alkanes of at least 4 members (excludes halogenated alkanes) is 21. The third-order valence-electron chi connectivity index (χ3n) is 8.33. The lowest BCUT2D eigenvalue weighted by Gasteiger charge is -2.15. The molecule has 0 aliphatic carbocycles. The lowest BCUT2D eigenvalue weighted by Crippen LogP contribution is -2.28. The summed E-state index contributed by atoms with van der Waals surface area (Å²) in [4.78, 5) is 34.8. The summed E-state index contributed by atoms with van der Waals surface area (Å²) in [5, 5.41) is 11.0. The smallest absolute Gasteiger partial charge is 0.322 e. The van der Waals surface area contributed by atoms with Crippen molar-refractivity contribution in [3.05, 3.63) is 24.3 Å². The molecule has 0 aromatic heterocycles. The highest BCUT2D eigenvalue weighted by atomic mass is 16.5. The van der Waals surface area contributed by atoms with Crippen molar-refractivity contribution < 1.29 is 24.2 Å². The number of hydrogen-bond donors (Lipinski definition) is 2. The number of aliphatic carboxylic acids is 1. The predicted octanol–water partition coefficient (Wildman–Crippen LogP) is 11.2. The van der Waals surface area contributed by atoms with Gasteiger partial charge in [0.1, 0.15) is 12.6 Å². The first-order chi connectivity index (χ1) is 22.0. The van der Waals surface area contributed by atoms with Gasteiger partial charge >= 0.3 is 11.9 Å². The van der Waals surface area contributed by atoms with Crippen LogP contribution in [0.4, 0.5) is 0 Å². The molecule has 262 valence electrons. The van der Waals surface area contributed by atoms with Crippen molar-refractivity contribution in [1.29, 1.82) is 0 Å². The zero-order valence-corrected chi connectivity index (χ0v) is 29.5. The number of carbonyl (C=O) groups is 3. The topological polar surface area (TPSA) is 92.7 Å². The standard InChI is InChI=1S/C39H71NO5/c1-3-5-7-9-11-13-14-15-16-18-20-26-30-34-39(44)45-36(31-27-23-19-17-12-10-8-6-4-2)32-28-24-21-22-25-29-33-37(41)40-35-38(42)43/h13-14,27,31,36H,3-12,15-26,28-30,32-35H2,1-2H3,(H,40,41)(H,42,43)/b14-13-,31-27-. The largest absolute Gasteiger partial charge is 0.480 e. The number of ether oxygens (including phenoxy) is 1. The maximum absolute atomic E-state index is 12.6. The summed E-state index contributed by atoms with van der Waals surface area (Å²) in [5.74, 6) is -1.27. The SMILES string of the molecule is CCCCCC/C=C\CCCCCCCC(=O)OC(/C=C\CCCCCCCCC)CCCCCCCCC(=O)NCC(=O)O. The quantitative estimate of drug-likeness (QED) is 0.0418. The van der Waals surface area contributed by atoms with E-state index in [-0.39, 0.29) is 24.5 Å². The molecule has 45 heavy (non-hydrogen) atoms. The number of amides is 1. The first kappa shape index (κ1) is 42.9.